The Bertz CT molecular complexity index is 1020. The third kappa shape index (κ3) is 4.17. The van der Waals surface area contributed by atoms with E-state index in [-0.39, 0.29) is 19.0 Å². The van der Waals surface area contributed by atoms with Crippen molar-refractivity contribution in [3.63, 3.8) is 0 Å². The molecule has 3 aromatic rings. The van der Waals surface area contributed by atoms with Gasteiger partial charge in [-0.3, -0.25) is 14.4 Å². The fourth-order valence-corrected chi connectivity index (χ4v) is 2.66. The Kier molecular flexibility index (Phi) is 5.25. The summed E-state index contributed by atoms with van der Waals surface area (Å²) in [7, 11) is 1.51. The quantitative estimate of drug-likeness (QED) is 0.614. The van der Waals surface area contributed by atoms with Gasteiger partial charge in [0.1, 0.15) is 16.9 Å². The van der Waals surface area contributed by atoms with Gasteiger partial charge < -0.3 is 25.1 Å². The van der Waals surface area contributed by atoms with Crippen LogP contribution in [-0.2, 0) is 14.4 Å². The Balaban J connectivity index is 1.74. The van der Waals surface area contributed by atoms with Crippen LogP contribution in [0.3, 0.4) is 0 Å². The molecule has 3 N–H and O–H groups in total. The molecule has 0 atom stereocenters. The number of hydrogen-bond donors (Lipinski definition) is 3. The zero-order valence-corrected chi connectivity index (χ0v) is 14.9. The average Bonchev–Trinajstić information content (AvgIpc) is 3.01. The number of rotatable bonds is 6. The van der Waals surface area contributed by atoms with E-state index in [1.807, 2.05) is 24.3 Å². The van der Waals surface area contributed by atoms with Gasteiger partial charge in [-0.1, -0.05) is 18.2 Å². The smallest absolute Gasteiger partial charge is 0.243 e. The number of amides is 3. The Hall–Kier alpha value is -3.55. The molecular weight excluding hydrogens is 350 g/mol. The van der Waals surface area contributed by atoms with Gasteiger partial charge >= 0.3 is 0 Å². The van der Waals surface area contributed by atoms with Crippen LogP contribution in [0.15, 0.2) is 40.8 Å². The molecule has 0 saturated heterocycles. The summed E-state index contributed by atoms with van der Waals surface area (Å²) in [6, 6.07) is 11.1. The molecule has 0 bridgehead atoms. The van der Waals surface area contributed by atoms with Crippen LogP contribution in [0.2, 0.25) is 0 Å². The number of benzene rings is 2. The normalized spacial score (nSPS) is 10.6. The zero-order valence-electron chi connectivity index (χ0n) is 14.9. The van der Waals surface area contributed by atoms with Crippen molar-refractivity contribution in [2.45, 2.75) is 6.92 Å². The summed E-state index contributed by atoms with van der Waals surface area (Å²) >= 11 is 0. The van der Waals surface area contributed by atoms with E-state index in [0.29, 0.717) is 17.0 Å². The van der Waals surface area contributed by atoms with Gasteiger partial charge in [0.15, 0.2) is 0 Å². The van der Waals surface area contributed by atoms with Crippen LogP contribution in [0.5, 0.6) is 5.75 Å². The predicted molar refractivity (Wildman–Crippen MR) is 101 cm³/mol. The molecular formula is C19H19N3O5. The second-order valence-corrected chi connectivity index (χ2v) is 5.88. The molecule has 8 heteroatoms. The van der Waals surface area contributed by atoms with Crippen molar-refractivity contribution in [3.8, 4) is 5.75 Å². The van der Waals surface area contributed by atoms with E-state index in [9.17, 15) is 14.4 Å². The summed E-state index contributed by atoms with van der Waals surface area (Å²) in [6.07, 6.45) is 0. The lowest BCUT2D eigenvalue weighted by Crippen LogP contribution is -2.39. The van der Waals surface area contributed by atoms with Gasteiger partial charge in [-0.05, 0) is 12.1 Å². The standard InChI is InChI=1S/C19H19N3O5/c1-11(23)20-9-18(24)21-10-19(25)22-14-8-16-13(7-17(14)26-2)12-5-3-4-6-15(12)27-16/h3-8H,9-10H2,1-2H3,(H,20,23)(H,21,24)(H,22,25). The van der Waals surface area contributed by atoms with Crippen molar-refractivity contribution in [2.75, 3.05) is 25.5 Å². The third-order valence-corrected chi connectivity index (χ3v) is 3.92. The molecule has 0 aliphatic carbocycles. The molecule has 0 spiro atoms. The first kappa shape index (κ1) is 18.2. The molecule has 1 heterocycles. The Morgan fingerprint density at radius 1 is 0.963 bits per heavy atom. The van der Waals surface area contributed by atoms with E-state index in [1.54, 1.807) is 12.1 Å². The first-order valence-corrected chi connectivity index (χ1v) is 8.28. The fourth-order valence-electron chi connectivity index (χ4n) is 2.66. The fraction of sp³-hybridized carbons (Fsp3) is 0.211. The number of hydrogen-bond acceptors (Lipinski definition) is 5. The Labute approximate surface area is 154 Å². The minimum atomic E-state index is -0.458. The minimum Gasteiger partial charge on any atom is -0.495 e. The molecule has 0 unspecified atom stereocenters. The molecule has 3 rings (SSSR count). The van der Waals surface area contributed by atoms with Crippen LogP contribution in [-0.4, -0.2) is 37.9 Å². The Morgan fingerprint density at radius 2 is 1.70 bits per heavy atom. The van der Waals surface area contributed by atoms with Crippen molar-refractivity contribution < 1.29 is 23.5 Å². The summed E-state index contributed by atoms with van der Waals surface area (Å²) in [5.41, 5.74) is 1.79. The highest BCUT2D eigenvalue weighted by Crippen LogP contribution is 2.36. The van der Waals surface area contributed by atoms with E-state index in [0.717, 1.165) is 16.4 Å². The number of para-hydroxylation sites is 1. The summed E-state index contributed by atoms with van der Waals surface area (Å²) in [5.74, 6) is -0.731. The maximum absolute atomic E-state index is 12.1. The topological polar surface area (TPSA) is 110 Å². The van der Waals surface area contributed by atoms with Gasteiger partial charge in [0.2, 0.25) is 17.7 Å². The number of anilines is 1. The van der Waals surface area contributed by atoms with Crippen molar-refractivity contribution in [1.29, 1.82) is 0 Å². The molecule has 140 valence electrons. The number of carbonyl (C=O) groups is 3. The van der Waals surface area contributed by atoms with E-state index in [1.165, 1.54) is 14.0 Å². The number of nitrogens with one attached hydrogen (secondary N) is 3. The highest BCUT2D eigenvalue weighted by Gasteiger charge is 2.14. The number of fused-ring (bicyclic) bond motifs is 3. The van der Waals surface area contributed by atoms with Gasteiger partial charge in [0.25, 0.3) is 0 Å². The zero-order chi connectivity index (χ0) is 19.4. The van der Waals surface area contributed by atoms with Gasteiger partial charge in [-0.2, -0.15) is 0 Å². The molecule has 3 amide bonds. The first-order valence-electron chi connectivity index (χ1n) is 8.28. The number of methoxy groups -OCH3 is 1. The number of carbonyl (C=O) groups excluding carboxylic acids is 3. The van der Waals surface area contributed by atoms with Crippen LogP contribution >= 0.6 is 0 Å². The Morgan fingerprint density at radius 3 is 2.44 bits per heavy atom. The lowest BCUT2D eigenvalue weighted by molar-refractivity contribution is -0.126. The van der Waals surface area contributed by atoms with Crippen LogP contribution in [0.25, 0.3) is 21.9 Å². The van der Waals surface area contributed by atoms with Crippen LogP contribution in [0.1, 0.15) is 6.92 Å². The molecule has 0 saturated carbocycles. The lowest BCUT2D eigenvalue weighted by Gasteiger charge is -2.11. The molecule has 0 radical (unpaired) electrons. The largest absolute Gasteiger partial charge is 0.495 e. The van der Waals surface area contributed by atoms with Crippen LogP contribution in [0.4, 0.5) is 5.69 Å². The maximum atomic E-state index is 12.1. The second kappa shape index (κ2) is 7.77. The van der Waals surface area contributed by atoms with Gasteiger partial charge in [0, 0.05) is 23.8 Å². The number of furan rings is 1. The second-order valence-electron chi connectivity index (χ2n) is 5.88. The molecule has 8 nitrogen and oxygen atoms in total. The first-order chi connectivity index (χ1) is 13.0. The average molecular weight is 369 g/mol. The summed E-state index contributed by atoms with van der Waals surface area (Å²) in [4.78, 5) is 34.5. The molecule has 0 aliphatic heterocycles. The van der Waals surface area contributed by atoms with E-state index >= 15 is 0 Å². The van der Waals surface area contributed by atoms with Gasteiger partial charge in [-0.25, -0.2) is 0 Å². The predicted octanol–water partition coefficient (Wildman–Crippen LogP) is 1.79. The van der Waals surface area contributed by atoms with Crippen molar-refractivity contribution in [2.24, 2.45) is 0 Å². The number of ether oxygens (including phenoxy) is 1. The van der Waals surface area contributed by atoms with E-state index in [2.05, 4.69) is 16.0 Å². The highest BCUT2D eigenvalue weighted by molar-refractivity contribution is 6.08. The molecule has 0 aliphatic rings. The summed E-state index contributed by atoms with van der Waals surface area (Å²) < 4.78 is 11.2. The maximum Gasteiger partial charge on any atom is 0.243 e. The lowest BCUT2D eigenvalue weighted by atomic mass is 10.1. The van der Waals surface area contributed by atoms with E-state index < -0.39 is 11.8 Å². The third-order valence-electron chi connectivity index (χ3n) is 3.92. The molecule has 1 aromatic heterocycles. The molecule has 27 heavy (non-hydrogen) atoms. The molecule has 2 aromatic carbocycles. The molecule has 0 fully saturated rings. The van der Waals surface area contributed by atoms with Crippen molar-refractivity contribution >= 4 is 45.3 Å². The summed E-state index contributed by atoms with van der Waals surface area (Å²) in [6.45, 7) is 0.886. The monoisotopic (exact) mass is 369 g/mol. The van der Waals surface area contributed by atoms with Crippen molar-refractivity contribution in [1.82, 2.24) is 10.6 Å². The van der Waals surface area contributed by atoms with Gasteiger partial charge in [-0.15, -0.1) is 0 Å². The van der Waals surface area contributed by atoms with Crippen LogP contribution in [0, 0.1) is 0 Å². The highest BCUT2D eigenvalue weighted by atomic mass is 16.5. The summed E-state index contributed by atoms with van der Waals surface area (Å²) in [5, 5.41) is 9.30. The minimum absolute atomic E-state index is 0.184. The SMILES string of the molecule is COc1cc2c(cc1NC(=O)CNC(=O)CNC(C)=O)oc1ccccc12. The van der Waals surface area contributed by atoms with Crippen molar-refractivity contribution in [3.05, 3.63) is 36.4 Å². The van der Waals surface area contributed by atoms with E-state index in [4.69, 9.17) is 9.15 Å². The van der Waals surface area contributed by atoms with Crippen LogP contribution < -0.4 is 20.7 Å². The van der Waals surface area contributed by atoms with Gasteiger partial charge in [0.05, 0.1) is 25.9 Å².